The average molecular weight is 291 g/mol. The third-order valence-corrected chi connectivity index (χ3v) is 5.95. The van der Waals surface area contributed by atoms with E-state index in [4.69, 9.17) is 0 Å². The highest BCUT2D eigenvalue weighted by Crippen LogP contribution is 2.33. The molecule has 0 bridgehead atoms. The van der Waals surface area contributed by atoms with E-state index in [1.807, 2.05) is 6.92 Å². The zero-order valence-corrected chi connectivity index (χ0v) is 12.7. The van der Waals surface area contributed by atoms with Gasteiger partial charge in [0.2, 0.25) is 0 Å². The van der Waals surface area contributed by atoms with Gasteiger partial charge in [0.25, 0.3) is 0 Å². The first kappa shape index (κ1) is 16.4. The number of carboxylic acid groups (broad SMARTS) is 1. The summed E-state index contributed by atoms with van der Waals surface area (Å²) in [6.45, 7) is 5.67. The van der Waals surface area contributed by atoms with E-state index in [1.165, 1.54) is 0 Å². The highest BCUT2D eigenvalue weighted by Gasteiger charge is 2.40. The van der Waals surface area contributed by atoms with Crippen LogP contribution in [0.4, 0.5) is 0 Å². The molecule has 1 atom stereocenters. The maximum atomic E-state index is 11.4. The molecule has 6 heteroatoms. The van der Waals surface area contributed by atoms with Crippen molar-refractivity contribution in [3.63, 3.8) is 0 Å². The summed E-state index contributed by atoms with van der Waals surface area (Å²) in [6, 6.07) is 0. The number of nitrogens with zero attached hydrogens (tertiary/aromatic N) is 1. The second-order valence-electron chi connectivity index (χ2n) is 5.41. The zero-order chi connectivity index (χ0) is 14.5. The monoisotopic (exact) mass is 291 g/mol. The Balaban J connectivity index is 2.50. The predicted molar refractivity (Wildman–Crippen MR) is 75.0 cm³/mol. The van der Waals surface area contributed by atoms with Crippen LogP contribution in [0.5, 0.6) is 0 Å². The number of carboxylic acids is 1. The molecule has 0 aromatic heterocycles. The Hall–Kier alpha value is -0.620. The highest BCUT2D eigenvalue weighted by molar-refractivity contribution is 7.91. The fourth-order valence-corrected chi connectivity index (χ4v) is 3.54. The Kier molecular flexibility index (Phi) is 5.80. The molecule has 1 aliphatic rings. The summed E-state index contributed by atoms with van der Waals surface area (Å²) in [5.74, 6) is -0.339. The van der Waals surface area contributed by atoms with Crippen molar-refractivity contribution in [2.45, 2.75) is 39.5 Å². The highest BCUT2D eigenvalue weighted by atomic mass is 32.2. The van der Waals surface area contributed by atoms with E-state index in [9.17, 15) is 18.3 Å². The van der Waals surface area contributed by atoms with Crippen molar-refractivity contribution in [3.05, 3.63) is 0 Å². The summed E-state index contributed by atoms with van der Waals surface area (Å²) in [5, 5.41) is 9.38. The van der Waals surface area contributed by atoms with Crippen LogP contribution in [-0.4, -0.2) is 55.5 Å². The van der Waals surface area contributed by atoms with Crippen LogP contribution in [0.2, 0.25) is 0 Å². The molecule has 112 valence electrons. The van der Waals surface area contributed by atoms with E-state index in [0.29, 0.717) is 25.9 Å². The number of carbonyl (C=O) groups is 1. The zero-order valence-electron chi connectivity index (χ0n) is 11.9. The first-order valence-corrected chi connectivity index (χ1v) is 8.83. The molecule has 1 unspecified atom stereocenters. The summed E-state index contributed by atoms with van der Waals surface area (Å²) in [5.41, 5.74) is -0.637. The lowest BCUT2D eigenvalue weighted by molar-refractivity contribution is -0.152. The molecule has 5 nitrogen and oxygen atoms in total. The van der Waals surface area contributed by atoms with Gasteiger partial charge >= 0.3 is 5.97 Å². The molecule has 1 aliphatic heterocycles. The van der Waals surface area contributed by atoms with Crippen molar-refractivity contribution in [2.24, 2.45) is 5.41 Å². The Bertz CT molecular complexity index is 407. The number of piperidine rings is 1. The largest absolute Gasteiger partial charge is 0.481 e. The molecular weight excluding hydrogens is 266 g/mol. The van der Waals surface area contributed by atoms with Gasteiger partial charge in [-0.3, -0.25) is 4.79 Å². The lowest BCUT2D eigenvalue weighted by Gasteiger charge is -2.39. The third-order valence-electron chi connectivity index (χ3n) is 4.16. The van der Waals surface area contributed by atoms with Gasteiger partial charge in [0.15, 0.2) is 0 Å². The van der Waals surface area contributed by atoms with Gasteiger partial charge in [0.05, 0.1) is 11.2 Å². The van der Waals surface area contributed by atoms with Gasteiger partial charge < -0.3 is 10.0 Å². The minimum atomic E-state index is -2.91. The normalized spacial score (nSPS) is 25.4. The summed E-state index contributed by atoms with van der Waals surface area (Å²) in [6.07, 6.45) is 2.82. The number of rotatable bonds is 7. The molecule has 1 N–H and O–H groups in total. The number of hydrogen-bond donors (Lipinski definition) is 1. The quantitative estimate of drug-likeness (QED) is 0.767. The van der Waals surface area contributed by atoms with E-state index in [1.54, 1.807) is 6.92 Å². The standard InChI is InChI=1S/C13H25NO4S/c1-3-13(12(15)16)7-5-8-14(11-13)9-6-10-19(17,18)4-2/h3-11H2,1-2H3,(H,15,16). The van der Waals surface area contributed by atoms with Gasteiger partial charge in [-0.1, -0.05) is 13.8 Å². The van der Waals surface area contributed by atoms with Gasteiger partial charge in [0.1, 0.15) is 9.84 Å². The van der Waals surface area contributed by atoms with Crippen LogP contribution < -0.4 is 0 Å². The fraction of sp³-hybridized carbons (Fsp3) is 0.923. The van der Waals surface area contributed by atoms with E-state index in [-0.39, 0.29) is 11.5 Å². The first-order valence-electron chi connectivity index (χ1n) is 7.01. The second-order valence-corrected chi connectivity index (χ2v) is 7.88. The molecule has 19 heavy (non-hydrogen) atoms. The van der Waals surface area contributed by atoms with Crippen LogP contribution in [-0.2, 0) is 14.6 Å². The van der Waals surface area contributed by atoms with E-state index in [2.05, 4.69) is 4.90 Å². The Morgan fingerprint density at radius 1 is 1.37 bits per heavy atom. The van der Waals surface area contributed by atoms with Crippen molar-refractivity contribution in [3.8, 4) is 0 Å². The van der Waals surface area contributed by atoms with Gasteiger partial charge in [-0.05, 0) is 38.8 Å². The molecule has 0 aliphatic carbocycles. The second kappa shape index (κ2) is 6.70. The van der Waals surface area contributed by atoms with Crippen molar-refractivity contribution >= 4 is 15.8 Å². The summed E-state index contributed by atoms with van der Waals surface area (Å²) >= 11 is 0. The maximum Gasteiger partial charge on any atom is 0.310 e. The van der Waals surface area contributed by atoms with Crippen LogP contribution in [0, 0.1) is 5.41 Å². The topological polar surface area (TPSA) is 74.7 Å². The summed E-state index contributed by atoms with van der Waals surface area (Å²) < 4.78 is 22.8. The minimum Gasteiger partial charge on any atom is -0.481 e. The van der Waals surface area contributed by atoms with Crippen molar-refractivity contribution in [1.29, 1.82) is 0 Å². The van der Waals surface area contributed by atoms with Crippen LogP contribution in [0.15, 0.2) is 0 Å². The van der Waals surface area contributed by atoms with Gasteiger partial charge in [-0.15, -0.1) is 0 Å². The number of aliphatic carboxylic acids is 1. The molecule has 0 amide bonds. The predicted octanol–water partition coefficient (Wildman–Crippen LogP) is 1.39. The smallest absolute Gasteiger partial charge is 0.310 e. The lowest BCUT2D eigenvalue weighted by Crippen LogP contribution is -2.47. The van der Waals surface area contributed by atoms with E-state index in [0.717, 1.165) is 19.4 Å². The van der Waals surface area contributed by atoms with Crippen molar-refractivity contribution in [2.75, 3.05) is 31.1 Å². The van der Waals surface area contributed by atoms with Gasteiger partial charge in [-0.25, -0.2) is 8.42 Å². The molecular formula is C13H25NO4S. The summed E-state index contributed by atoms with van der Waals surface area (Å²) in [7, 11) is -2.91. The van der Waals surface area contributed by atoms with Crippen LogP contribution in [0.25, 0.3) is 0 Å². The minimum absolute atomic E-state index is 0.182. The van der Waals surface area contributed by atoms with Gasteiger partial charge in [-0.2, -0.15) is 0 Å². The average Bonchev–Trinajstić information content (AvgIpc) is 2.38. The number of hydrogen-bond acceptors (Lipinski definition) is 4. The van der Waals surface area contributed by atoms with E-state index >= 15 is 0 Å². The maximum absolute atomic E-state index is 11.4. The molecule has 0 aromatic rings. The first-order chi connectivity index (χ1) is 8.85. The van der Waals surface area contributed by atoms with Crippen molar-refractivity contribution in [1.82, 2.24) is 4.90 Å². The molecule has 0 spiro atoms. The number of sulfone groups is 1. The fourth-order valence-electron chi connectivity index (χ4n) is 2.68. The Labute approximate surface area is 115 Å². The molecule has 1 saturated heterocycles. The van der Waals surface area contributed by atoms with Crippen LogP contribution >= 0.6 is 0 Å². The van der Waals surface area contributed by atoms with Gasteiger partial charge in [0, 0.05) is 12.3 Å². The SMILES string of the molecule is CCC1(C(=O)O)CCCN(CCCS(=O)(=O)CC)C1. The third kappa shape index (κ3) is 4.45. The van der Waals surface area contributed by atoms with Crippen molar-refractivity contribution < 1.29 is 18.3 Å². The molecule has 0 saturated carbocycles. The molecule has 0 aromatic carbocycles. The number of likely N-dealkylation sites (tertiary alicyclic amines) is 1. The Morgan fingerprint density at radius 2 is 2.05 bits per heavy atom. The molecule has 1 fully saturated rings. The molecule has 0 radical (unpaired) electrons. The summed E-state index contributed by atoms with van der Waals surface area (Å²) in [4.78, 5) is 13.5. The lowest BCUT2D eigenvalue weighted by atomic mass is 9.77. The van der Waals surface area contributed by atoms with Crippen LogP contribution in [0.3, 0.4) is 0 Å². The van der Waals surface area contributed by atoms with Crippen LogP contribution in [0.1, 0.15) is 39.5 Å². The Morgan fingerprint density at radius 3 is 2.58 bits per heavy atom. The molecule has 1 heterocycles. The molecule has 1 rings (SSSR count). The van der Waals surface area contributed by atoms with E-state index < -0.39 is 21.2 Å².